The number of rotatable bonds is 14. The summed E-state index contributed by atoms with van der Waals surface area (Å²) in [6.45, 7) is 4.83. The van der Waals surface area contributed by atoms with Crippen LogP contribution in [-0.2, 0) is 9.53 Å². The minimum Gasteiger partial charge on any atom is -0.493 e. The number of carbonyl (C=O) groups is 4. The molecule has 17 heteroatoms. The zero-order chi connectivity index (χ0) is 41.8. The van der Waals surface area contributed by atoms with Gasteiger partial charge in [0.2, 0.25) is 0 Å². The Kier molecular flexibility index (Phi) is 11.8. The number of nitrogens with zero attached hydrogens (tertiary/aromatic N) is 2. The topological polar surface area (TPSA) is 224 Å². The molecule has 0 aliphatic carbocycles. The van der Waals surface area contributed by atoms with Gasteiger partial charge in [0.05, 0.1) is 57.4 Å². The number of hydrogen-bond acceptors (Lipinski definition) is 9. The van der Waals surface area contributed by atoms with Crippen molar-refractivity contribution >= 4 is 45.4 Å². The number of carboxylic acid groups (broad SMARTS) is 2. The molecular formula is C41H36BrN5O11. The highest BCUT2D eigenvalue weighted by Crippen LogP contribution is 2.42. The van der Waals surface area contributed by atoms with Crippen LogP contribution in [0.1, 0.15) is 72.0 Å². The van der Waals surface area contributed by atoms with Crippen molar-refractivity contribution in [1.29, 1.82) is 0 Å². The third-order valence-corrected chi connectivity index (χ3v) is 9.76. The lowest BCUT2D eigenvalue weighted by Gasteiger charge is -2.20. The zero-order valence-corrected chi connectivity index (χ0v) is 33.0. The molecular weight excluding hydrogens is 818 g/mol. The van der Waals surface area contributed by atoms with E-state index >= 15 is 0 Å². The number of aromatic nitrogens is 4. The SMILES string of the molecule is CCOC(=O)c1ccc(NC(=O)COc2c(Br)cc(C(c3c(C)[nH]n(-c4ccc(C(=O)O)cc4)c3=O)c3c(C)[nH]n(-c4ccc(C(=O)O)cc4)c3=O)cc2OC)cc1. The van der Waals surface area contributed by atoms with Gasteiger partial charge in [0, 0.05) is 23.0 Å². The van der Waals surface area contributed by atoms with Crippen molar-refractivity contribution in [2.45, 2.75) is 26.7 Å². The van der Waals surface area contributed by atoms with Crippen LogP contribution in [0, 0.1) is 13.8 Å². The number of H-pyrrole nitrogens is 2. The lowest BCUT2D eigenvalue weighted by atomic mass is 9.85. The molecule has 58 heavy (non-hydrogen) atoms. The Morgan fingerprint density at radius 2 is 1.24 bits per heavy atom. The first-order chi connectivity index (χ1) is 27.7. The van der Waals surface area contributed by atoms with Gasteiger partial charge in [-0.2, -0.15) is 0 Å². The fraction of sp³-hybridized carbons (Fsp3) is 0.171. The Balaban J connectivity index is 1.40. The molecule has 0 aliphatic heterocycles. The quantitative estimate of drug-likeness (QED) is 0.0823. The molecule has 0 aliphatic rings. The first-order valence-electron chi connectivity index (χ1n) is 17.6. The maximum Gasteiger partial charge on any atom is 0.338 e. The van der Waals surface area contributed by atoms with Crippen LogP contribution >= 0.6 is 15.9 Å². The van der Waals surface area contributed by atoms with Crippen molar-refractivity contribution in [2.75, 3.05) is 25.6 Å². The molecule has 6 aromatic rings. The number of ether oxygens (including phenoxy) is 3. The Bertz CT molecular complexity index is 2540. The molecule has 2 aromatic heterocycles. The minimum atomic E-state index is -1.13. The van der Waals surface area contributed by atoms with Crippen LogP contribution in [-0.4, -0.2) is 73.9 Å². The van der Waals surface area contributed by atoms with E-state index in [1.54, 1.807) is 45.0 Å². The second kappa shape index (κ2) is 16.9. The number of anilines is 1. The van der Waals surface area contributed by atoms with Crippen LogP contribution in [0.2, 0.25) is 0 Å². The average molecular weight is 855 g/mol. The van der Waals surface area contributed by atoms with Crippen LogP contribution in [0.25, 0.3) is 11.4 Å². The predicted octanol–water partition coefficient (Wildman–Crippen LogP) is 5.80. The number of halogens is 1. The van der Waals surface area contributed by atoms with E-state index in [4.69, 9.17) is 14.2 Å². The first-order valence-corrected chi connectivity index (χ1v) is 18.4. The minimum absolute atomic E-state index is 0.0273. The van der Waals surface area contributed by atoms with E-state index < -0.39 is 47.5 Å². The molecule has 0 radical (unpaired) electrons. The Morgan fingerprint density at radius 1 is 0.759 bits per heavy atom. The zero-order valence-electron chi connectivity index (χ0n) is 31.4. The molecule has 5 N–H and O–H groups in total. The van der Waals surface area contributed by atoms with Crippen LogP contribution < -0.4 is 25.9 Å². The first kappa shape index (κ1) is 40.5. The molecule has 2 heterocycles. The largest absolute Gasteiger partial charge is 0.493 e. The number of aromatic carboxylic acids is 2. The summed E-state index contributed by atoms with van der Waals surface area (Å²) < 4.78 is 19.5. The fourth-order valence-corrected chi connectivity index (χ4v) is 7.01. The normalized spacial score (nSPS) is 11.0. The monoisotopic (exact) mass is 853 g/mol. The van der Waals surface area contributed by atoms with Gasteiger partial charge in [0.15, 0.2) is 18.1 Å². The van der Waals surface area contributed by atoms with Gasteiger partial charge in [-0.25, -0.2) is 23.7 Å². The van der Waals surface area contributed by atoms with E-state index in [0.717, 1.165) is 0 Å². The lowest BCUT2D eigenvalue weighted by Crippen LogP contribution is -2.25. The number of aryl methyl sites for hydroxylation is 2. The van der Waals surface area contributed by atoms with Crippen LogP contribution in [0.15, 0.2) is 99.0 Å². The smallest absolute Gasteiger partial charge is 0.338 e. The van der Waals surface area contributed by atoms with E-state index in [2.05, 4.69) is 31.4 Å². The summed E-state index contributed by atoms with van der Waals surface area (Å²) in [5, 5.41) is 27.6. The molecule has 0 bridgehead atoms. The number of benzene rings is 4. The third-order valence-electron chi connectivity index (χ3n) is 9.17. The molecule has 6 rings (SSSR count). The van der Waals surface area contributed by atoms with E-state index in [1.165, 1.54) is 77.1 Å². The highest BCUT2D eigenvalue weighted by atomic mass is 79.9. The molecule has 0 spiro atoms. The van der Waals surface area contributed by atoms with Crippen LogP contribution in [0.3, 0.4) is 0 Å². The van der Waals surface area contributed by atoms with E-state index in [9.17, 15) is 39.0 Å². The lowest BCUT2D eigenvalue weighted by molar-refractivity contribution is -0.118. The van der Waals surface area contributed by atoms with Crippen LogP contribution in [0.5, 0.6) is 11.5 Å². The molecule has 16 nitrogen and oxygen atoms in total. The second-order valence-electron chi connectivity index (χ2n) is 12.9. The van der Waals surface area contributed by atoms with Gasteiger partial charge in [-0.15, -0.1) is 0 Å². The number of carboxylic acids is 2. The third kappa shape index (κ3) is 8.20. The average Bonchev–Trinajstić information content (AvgIpc) is 3.67. The summed E-state index contributed by atoms with van der Waals surface area (Å²) in [6.07, 6.45) is 0. The number of aromatic amines is 2. The van der Waals surface area contributed by atoms with E-state index in [1.807, 2.05) is 0 Å². The van der Waals surface area contributed by atoms with E-state index in [-0.39, 0.29) is 40.4 Å². The summed E-state index contributed by atoms with van der Waals surface area (Å²) in [4.78, 5) is 76.8. The summed E-state index contributed by atoms with van der Waals surface area (Å²) in [7, 11) is 1.39. The Morgan fingerprint density at radius 3 is 1.69 bits per heavy atom. The summed E-state index contributed by atoms with van der Waals surface area (Å²) in [6, 6.07) is 20.8. The molecule has 4 aromatic carbocycles. The number of amides is 1. The number of carbonyl (C=O) groups excluding carboxylic acids is 2. The highest BCUT2D eigenvalue weighted by Gasteiger charge is 2.32. The number of nitrogens with one attached hydrogen (secondary N) is 3. The standard InChI is InChI=1S/C41H36BrN5O11/c1-5-57-41(55)25-6-12-27(13-7-25)43-32(48)20-58-36-30(42)18-26(19-31(36)56-4)35(33-21(2)44-46(37(33)49)28-14-8-23(9-15-28)39(51)52)34-22(3)45-47(38(34)50)29-16-10-24(11-17-29)40(53)54/h6-19,35,44-45H,5,20H2,1-4H3,(H,43,48)(H,51,52)(H,53,54). The summed E-state index contributed by atoms with van der Waals surface area (Å²) in [5.74, 6) is -3.99. The maximum atomic E-state index is 14.4. The van der Waals surface area contributed by atoms with Crippen molar-refractivity contribution < 1.29 is 43.6 Å². The number of methoxy groups -OCH3 is 1. The molecule has 0 saturated heterocycles. The fourth-order valence-electron chi connectivity index (χ4n) is 6.43. The van der Waals surface area contributed by atoms with Gasteiger partial charge in [-0.3, -0.25) is 24.6 Å². The Labute approximate surface area is 337 Å². The van der Waals surface area contributed by atoms with Crippen molar-refractivity contribution in [3.63, 3.8) is 0 Å². The van der Waals surface area contributed by atoms with Crippen molar-refractivity contribution in [3.8, 4) is 22.9 Å². The van der Waals surface area contributed by atoms with Crippen molar-refractivity contribution in [3.05, 3.63) is 155 Å². The molecule has 1 amide bonds. The van der Waals surface area contributed by atoms with Gasteiger partial charge in [-0.05, 0) is 127 Å². The van der Waals surface area contributed by atoms with Gasteiger partial charge < -0.3 is 29.7 Å². The van der Waals surface area contributed by atoms with Gasteiger partial charge in [0.1, 0.15) is 0 Å². The van der Waals surface area contributed by atoms with Gasteiger partial charge in [-0.1, -0.05) is 0 Å². The molecule has 0 fully saturated rings. The van der Waals surface area contributed by atoms with Gasteiger partial charge in [0.25, 0.3) is 17.0 Å². The summed E-state index contributed by atoms with van der Waals surface area (Å²) in [5.41, 5.74) is 2.04. The maximum absolute atomic E-state index is 14.4. The van der Waals surface area contributed by atoms with Crippen molar-refractivity contribution in [2.24, 2.45) is 0 Å². The second-order valence-corrected chi connectivity index (χ2v) is 13.7. The van der Waals surface area contributed by atoms with Crippen molar-refractivity contribution in [1.82, 2.24) is 19.6 Å². The summed E-state index contributed by atoms with van der Waals surface area (Å²) >= 11 is 3.54. The molecule has 0 unspecified atom stereocenters. The molecule has 298 valence electrons. The predicted molar refractivity (Wildman–Crippen MR) is 214 cm³/mol. The van der Waals surface area contributed by atoms with Crippen LogP contribution in [0.4, 0.5) is 5.69 Å². The van der Waals surface area contributed by atoms with Gasteiger partial charge >= 0.3 is 17.9 Å². The molecule has 0 atom stereocenters. The molecule has 0 saturated carbocycles. The number of esters is 1. The Hall–Kier alpha value is -7.14. The van der Waals surface area contributed by atoms with E-state index in [0.29, 0.717) is 44.0 Å². The number of hydrogen-bond donors (Lipinski definition) is 5. The highest BCUT2D eigenvalue weighted by molar-refractivity contribution is 9.10.